The van der Waals surface area contributed by atoms with E-state index in [4.69, 9.17) is 0 Å². The van der Waals surface area contributed by atoms with Gasteiger partial charge in [0, 0.05) is 15.3 Å². The minimum atomic E-state index is 0.120. The lowest BCUT2D eigenvalue weighted by molar-refractivity contribution is 0.0966. The van der Waals surface area contributed by atoms with Crippen molar-refractivity contribution in [2.24, 2.45) is 0 Å². The van der Waals surface area contributed by atoms with Crippen LogP contribution in [0.15, 0.2) is 10.5 Å². The zero-order valence-electron chi connectivity index (χ0n) is 10.9. The van der Waals surface area contributed by atoms with E-state index in [1.165, 1.54) is 4.88 Å². The number of halogens is 1. The van der Waals surface area contributed by atoms with Crippen LogP contribution < -0.4 is 0 Å². The first-order valence-electron chi connectivity index (χ1n) is 5.70. The van der Waals surface area contributed by atoms with Gasteiger partial charge >= 0.3 is 0 Å². The van der Waals surface area contributed by atoms with Crippen molar-refractivity contribution >= 4 is 33.0 Å². The molecule has 0 fully saturated rings. The zero-order chi connectivity index (χ0) is 13.4. The minimum Gasteiger partial charge on any atom is -0.292 e. The lowest BCUT2D eigenvalue weighted by Crippen LogP contribution is -2.13. The molecule has 0 atom stereocenters. The van der Waals surface area contributed by atoms with Gasteiger partial charge in [-0.1, -0.05) is 0 Å². The summed E-state index contributed by atoms with van der Waals surface area (Å²) in [6, 6.07) is 1.96. The van der Waals surface area contributed by atoms with Crippen molar-refractivity contribution in [1.82, 2.24) is 9.78 Å². The molecule has 2 heterocycles. The number of ketones is 1. The van der Waals surface area contributed by atoms with E-state index in [1.807, 2.05) is 33.8 Å². The van der Waals surface area contributed by atoms with E-state index in [9.17, 15) is 4.79 Å². The predicted molar refractivity (Wildman–Crippen MR) is 77.5 cm³/mol. The Hall–Kier alpha value is -0.940. The molecule has 0 aromatic carbocycles. The molecule has 0 aliphatic rings. The SMILES string of the molecule is Cc1cc(C(=O)Cn2nc(C)c(Br)c2C)c(C)s1. The van der Waals surface area contributed by atoms with Gasteiger partial charge in [-0.15, -0.1) is 11.3 Å². The standard InChI is InChI=1S/C13H15BrN2OS/c1-7-5-11(10(4)18-7)12(17)6-16-9(3)13(14)8(2)15-16/h5H,6H2,1-4H3. The summed E-state index contributed by atoms with van der Waals surface area (Å²) in [6.07, 6.45) is 0. The van der Waals surface area contributed by atoms with Crippen LogP contribution in [0.2, 0.25) is 0 Å². The number of aryl methyl sites for hydroxylation is 3. The summed E-state index contributed by atoms with van der Waals surface area (Å²) in [7, 11) is 0. The Bertz CT molecular complexity index is 613. The third kappa shape index (κ3) is 2.42. The molecule has 2 aromatic heterocycles. The van der Waals surface area contributed by atoms with Gasteiger partial charge in [0.15, 0.2) is 5.78 Å². The van der Waals surface area contributed by atoms with E-state index in [2.05, 4.69) is 21.0 Å². The van der Waals surface area contributed by atoms with E-state index in [-0.39, 0.29) is 5.78 Å². The zero-order valence-corrected chi connectivity index (χ0v) is 13.3. The Morgan fingerprint density at radius 3 is 2.50 bits per heavy atom. The average Bonchev–Trinajstić information content (AvgIpc) is 2.75. The number of carbonyl (C=O) groups excluding carboxylic acids is 1. The van der Waals surface area contributed by atoms with Gasteiger partial charge in [-0.3, -0.25) is 9.48 Å². The maximum atomic E-state index is 12.3. The number of thiophene rings is 1. The van der Waals surface area contributed by atoms with E-state index in [0.717, 1.165) is 26.3 Å². The molecule has 0 aliphatic carbocycles. The van der Waals surface area contributed by atoms with Crippen LogP contribution in [0.3, 0.4) is 0 Å². The van der Waals surface area contributed by atoms with Gasteiger partial charge in [-0.2, -0.15) is 5.10 Å². The van der Waals surface area contributed by atoms with Gasteiger partial charge < -0.3 is 0 Å². The third-order valence-corrected chi connectivity index (χ3v) is 5.04. The van der Waals surface area contributed by atoms with Crippen LogP contribution in [0.1, 0.15) is 31.5 Å². The summed E-state index contributed by atoms with van der Waals surface area (Å²) in [4.78, 5) is 14.5. The van der Waals surface area contributed by atoms with Gasteiger partial charge in [-0.05, 0) is 49.7 Å². The second-order valence-electron chi connectivity index (χ2n) is 4.39. The Morgan fingerprint density at radius 2 is 2.06 bits per heavy atom. The molecular weight excluding hydrogens is 312 g/mol. The average molecular weight is 327 g/mol. The van der Waals surface area contributed by atoms with E-state index in [1.54, 1.807) is 16.0 Å². The Morgan fingerprint density at radius 1 is 1.39 bits per heavy atom. The minimum absolute atomic E-state index is 0.120. The molecule has 0 N–H and O–H groups in total. The van der Waals surface area contributed by atoms with Gasteiger partial charge in [0.1, 0.15) is 6.54 Å². The first-order chi connectivity index (χ1) is 8.40. The van der Waals surface area contributed by atoms with Gasteiger partial charge in [0.25, 0.3) is 0 Å². The van der Waals surface area contributed by atoms with E-state index in [0.29, 0.717) is 6.54 Å². The van der Waals surface area contributed by atoms with Crippen LogP contribution in [0.5, 0.6) is 0 Å². The topological polar surface area (TPSA) is 34.9 Å². The summed E-state index contributed by atoms with van der Waals surface area (Å²) < 4.78 is 2.74. The fourth-order valence-electron chi connectivity index (χ4n) is 1.96. The number of hydrogen-bond donors (Lipinski definition) is 0. The van der Waals surface area contributed by atoms with Crippen LogP contribution in [0, 0.1) is 27.7 Å². The summed E-state index contributed by atoms with van der Waals surface area (Å²) in [6.45, 7) is 8.20. The highest BCUT2D eigenvalue weighted by Gasteiger charge is 2.16. The molecule has 0 unspecified atom stereocenters. The molecule has 0 aliphatic heterocycles. The predicted octanol–water partition coefficient (Wildman–Crippen LogP) is 3.82. The number of nitrogens with zero attached hydrogens (tertiary/aromatic N) is 2. The second-order valence-corrected chi connectivity index (χ2v) is 6.65. The maximum Gasteiger partial charge on any atom is 0.185 e. The monoisotopic (exact) mass is 326 g/mol. The number of Topliss-reactive ketones (excluding diaryl/α,β-unsaturated/α-hetero) is 1. The van der Waals surface area contributed by atoms with Crippen molar-refractivity contribution < 1.29 is 4.79 Å². The van der Waals surface area contributed by atoms with Crippen molar-refractivity contribution in [2.45, 2.75) is 34.2 Å². The number of aromatic nitrogens is 2. The van der Waals surface area contributed by atoms with E-state index >= 15 is 0 Å². The molecule has 0 radical (unpaired) electrons. The smallest absolute Gasteiger partial charge is 0.185 e. The third-order valence-electron chi connectivity index (χ3n) is 2.93. The second kappa shape index (κ2) is 4.97. The van der Waals surface area contributed by atoms with Crippen LogP contribution >= 0.6 is 27.3 Å². The van der Waals surface area contributed by atoms with Crippen LogP contribution in [0.25, 0.3) is 0 Å². The molecule has 0 amide bonds. The first kappa shape index (κ1) is 13.5. The van der Waals surface area contributed by atoms with Crippen LogP contribution in [-0.2, 0) is 6.54 Å². The van der Waals surface area contributed by atoms with Crippen LogP contribution in [-0.4, -0.2) is 15.6 Å². The maximum absolute atomic E-state index is 12.3. The van der Waals surface area contributed by atoms with Gasteiger partial charge in [-0.25, -0.2) is 0 Å². The quantitative estimate of drug-likeness (QED) is 0.803. The summed E-state index contributed by atoms with van der Waals surface area (Å²) in [5, 5.41) is 4.36. The molecule has 2 aromatic rings. The van der Waals surface area contributed by atoms with Gasteiger partial charge in [0.2, 0.25) is 0 Å². The largest absolute Gasteiger partial charge is 0.292 e. The van der Waals surface area contributed by atoms with Crippen molar-refractivity contribution in [3.05, 3.63) is 37.2 Å². The lowest BCUT2D eigenvalue weighted by atomic mass is 10.1. The molecule has 0 saturated heterocycles. The van der Waals surface area contributed by atoms with Crippen molar-refractivity contribution in [3.63, 3.8) is 0 Å². The summed E-state index contributed by atoms with van der Waals surface area (Å²) >= 11 is 5.13. The van der Waals surface area contributed by atoms with Crippen molar-refractivity contribution in [2.75, 3.05) is 0 Å². The molecule has 96 valence electrons. The molecule has 18 heavy (non-hydrogen) atoms. The summed E-state index contributed by atoms with van der Waals surface area (Å²) in [5.41, 5.74) is 2.73. The summed E-state index contributed by atoms with van der Waals surface area (Å²) in [5.74, 6) is 0.120. The fourth-order valence-corrected chi connectivity index (χ4v) is 3.18. The molecule has 3 nitrogen and oxygen atoms in total. The normalized spacial score (nSPS) is 10.9. The number of hydrogen-bond acceptors (Lipinski definition) is 3. The number of carbonyl (C=O) groups is 1. The molecular formula is C13H15BrN2OS. The fraction of sp³-hybridized carbons (Fsp3) is 0.385. The van der Waals surface area contributed by atoms with E-state index < -0.39 is 0 Å². The van der Waals surface area contributed by atoms with Crippen molar-refractivity contribution in [3.8, 4) is 0 Å². The van der Waals surface area contributed by atoms with Gasteiger partial charge in [0.05, 0.1) is 15.9 Å². The van der Waals surface area contributed by atoms with Crippen LogP contribution in [0.4, 0.5) is 0 Å². The molecule has 2 rings (SSSR count). The molecule has 0 saturated carbocycles. The highest BCUT2D eigenvalue weighted by molar-refractivity contribution is 9.10. The lowest BCUT2D eigenvalue weighted by Gasteiger charge is -2.03. The highest BCUT2D eigenvalue weighted by Crippen LogP contribution is 2.23. The molecule has 0 bridgehead atoms. The Balaban J connectivity index is 2.27. The highest BCUT2D eigenvalue weighted by atomic mass is 79.9. The molecule has 5 heteroatoms. The Labute approximate surface area is 119 Å². The molecule has 0 spiro atoms. The van der Waals surface area contributed by atoms with Crippen molar-refractivity contribution in [1.29, 1.82) is 0 Å². The first-order valence-corrected chi connectivity index (χ1v) is 7.31. The Kier molecular flexibility index (Phi) is 3.73. The number of rotatable bonds is 3.